The van der Waals surface area contributed by atoms with Gasteiger partial charge in [-0.3, -0.25) is 9.78 Å². The highest BCUT2D eigenvalue weighted by Crippen LogP contribution is 2.33. The molecule has 9 heteroatoms. The van der Waals surface area contributed by atoms with Crippen molar-refractivity contribution in [2.45, 2.75) is 19.4 Å². The Bertz CT molecular complexity index is 964. The molecular weight excluding hydrogens is 394 g/mol. The summed E-state index contributed by atoms with van der Waals surface area (Å²) in [6.45, 7) is 0.994. The predicted molar refractivity (Wildman–Crippen MR) is 109 cm³/mol. The molecule has 1 aliphatic rings. The number of sulfonamides is 1. The number of carbonyl (C=O) groups is 1. The number of amides is 1. The predicted octanol–water partition coefficient (Wildman–Crippen LogP) is 1.61. The quantitative estimate of drug-likeness (QED) is 0.653. The van der Waals surface area contributed by atoms with E-state index in [0.29, 0.717) is 43.1 Å². The summed E-state index contributed by atoms with van der Waals surface area (Å²) in [6.07, 6.45) is 2.49. The van der Waals surface area contributed by atoms with E-state index in [0.717, 1.165) is 11.1 Å². The van der Waals surface area contributed by atoms with Crippen LogP contribution in [0, 0.1) is 0 Å². The summed E-state index contributed by atoms with van der Waals surface area (Å²) in [5.41, 5.74) is 2.30. The Morgan fingerprint density at radius 1 is 1.17 bits per heavy atom. The van der Waals surface area contributed by atoms with Gasteiger partial charge < -0.3 is 14.8 Å². The SMILES string of the molecule is COc1cc2c(cc1OC)CN(S(=O)(=O)CCCNC(=O)c1ccccn1)CC2. The van der Waals surface area contributed by atoms with Crippen LogP contribution in [0.3, 0.4) is 0 Å². The Morgan fingerprint density at radius 2 is 1.90 bits per heavy atom. The van der Waals surface area contributed by atoms with Crippen molar-refractivity contribution in [2.24, 2.45) is 0 Å². The van der Waals surface area contributed by atoms with Gasteiger partial charge in [0.15, 0.2) is 11.5 Å². The Balaban J connectivity index is 1.56. The number of aromatic nitrogens is 1. The summed E-state index contributed by atoms with van der Waals surface area (Å²) < 4.78 is 37.6. The minimum atomic E-state index is -3.43. The van der Waals surface area contributed by atoms with Crippen molar-refractivity contribution in [3.8, 4) is 11.5 Å². The molecule has 0 saturated carbocycles. The largest absolute Gasteiger partial charge is 0.493 e. The minimum absolute atomic E-state index is 0.0296. The van der Waals surface area contributed by atoms with Crippen molar-refractivity contribution in [2.75, 3.05) is 33.1 Å². The molecule has 1 aromatic heterocycles. The maximum atomic E-state index is 12.7. The lowest BCUT2D eigenvalue weighted by atomic mass is 10.0. The number of pyridine rings is 1. The third-order valence-electron chi connectivity index (χ3n) is 4.84. The average Bonchev–Trinajstić information content (AvgIpc) is 2.75. The van der Waals surface area contributed by atoms with Crippen LogP contribution in [-0.4, -0.2) is 56.7 Å². The molecule has 0 radical (unpaired) electrons. The van der Waals surface area contributed by atoms with Crippen molar-refractivity contribution in [1.82, 2.24) is 14.6 Å². The number of carbonyl (C=O) groups excluding carboxylic acids is 1. The highest BCUT2D eigenvalue weighted by atomic mass is 32.2. The van der Waals surface area contributed by atoms with E-state index >= 15 is 0 Å². The number of fused-ring (bicyclic) bond motifs is 1. The highest BCUT2D eigenvalue weighted by molar-refractivity contribution is 7.89. The molecule has 2 aromatic rings. The maximum absolute atomic E-state index is 12.7. The summed E-state index contributed by atoms with van der Waals surface area (Å²) in [5, 5.41) is 2.70. The molecule has 2 heterocycles. The van der Waals surface area contributed by atoms with E-state index in [-0.39, 0.29) is 18.2 Å². The zero-order valence-electron chi connectivity index (χ0n) is 16.6. The molecule has 0 aliphatic carbocycles. The van der Waals surface area contributed by atoms with Gasteiger partial charge in [-0.05, 0) is 48.2 Å². The van der Waals surface area contributed by atoms with E-state index in [1.165, 1.54) is 10.5 Å². The van der Waals surface area contributed by atoms with Crippen LogP contribution >= 0.6 is 0 Å². The van der Waals surface area contributed by atoms with Crippen LogP contribution in [0.15, 0.2) is 36.5 Å². The molecule has 0 fully saturated rings. The molecule has 29 heavy (non-hydrogen) atoms. The lowest BCUT2D eigenvalue weighted by molar-refractivity contribution is 0.0948. The third kappa shape index (κ3) is 5.04. The molecule has 1 aliphatic heterocycles. The van der Waals surface area contributed by atoms with Crippen LogP contribution in [-0.2, 0) is 23.0 Å². The van der Waals surface area contributed by atoms with Gasteiger partial charge in [0.2, 0.25) is 10.0 Å². The molecule has 156 valence electrons. The molecule has 8 nitrogen and oxygen atoms in total. The second-order valence-electron chi connectivity index (χ2n) is 6.70. The number of hydrogen-bond acceptors (Lipinski definition) is 6. The zero-order chi connectivity index (χ0) is 20.9. The fourth-order valence-electron chi connectivity index (χ4n) is 3.27. The van der Waals surface area contributed by atoms with Gasteiger partial charge in [0.05, 0.1) is 20.0 Å². The molecular formula is C20H25N3O5S. The summed E-state index contributed by atoms with van der Waals surface area (Å²) in [4.78, 5) is 15.9. The van der Waals surface area contributed by atoms with Crippen LogP contribution in [0.1, 0.15) is 28.0 Å². The standard InChI is InChI=1S/C20H25N3O5S/c1-27-18-12-15-7-10-23(14-16(15)13-19(18)28-2)29(25,26)11-5-9-22-20(24)17-6-3-4-8-21-17/h3-4,6,8,12-13H,5,7,9-11,14H2,1-2H3,(H,22,24). The molecule has 1 N–H and O–H groups in total. The lowest BCUT2D eigenvalue weighted by Gasteiger charge is -2.29. The first-order valence-corrected chi connectivity index (χ1v) is 11.0. The van der Waals surface area contributed by atoms with Crippen molar-refractivity contribution >= 4 is 15.9 Å². The molecule has 3 rings (SSSR count). The first-order chi connectivity index (χ1) is 13.9. The Labute approximate surface area is 170 Å². The molecule has 1 amide bonds. The van der Waals surface area contributed by atoms with Crippen LogP contribution in [0.2, 0.25) is 0 Å². The van der Waals surface area contributed by atoms with E-state index in [1.54, 1.807) is 32.4 Å². The number of ether oxygens (including phenoxy) is 2. The molecule has 0 saturated heterocycles. The Morgan fingerprint density at radius 3 is 2.55 bits per heavy atom. The van der Waals surface area contributed by atoms with Gasteiger partial charge in [-0.25, -0.2) is 8.42 Å². The first kappa shape index (κ1) is 21.1. The smallest absolute Gasteiger partial charge is 0.269 e. The van der Waals surface area contributed by atoms with E-state index in [9.17, 15) is 13.2 Å². The Hall–Kier alpha value is -2.65. The Kier molecular flexibility index (Phi) is 6.71. The van der Waals surface area contributed by atoms with Crippen molar-refractivity contribution < 1.29 is 22.7 Å². The molecule has 0 unspecified atom stereocenters. The lowest BCUT2D eigenvalue weighted by Crippen LogP contribution is -2.38. The molecule has 0 spiro atoms. The van der Waals surface area contributed by atoms with Crippen LogP contribution < -0.4 is 14.8 Å². The maximum Gasteiger partial charge on any atom is 0.269 e. The number of nitrogens with one attached hydrogen (secondary N) is 1. The van der Waals surface area contributed by atoms with Crippen LogP contribution in [0.5, 0.6) is 11.5 Å². The number of benzene rings is 1. The van der Waals surface area contributed by atoms with Gasteiger partial charge in [-0.15, -0.1) is 0 Å². The van der Waals surface area contributed by atoms with E-state index in [1.807, 2.05) is 12.1 Å². The fourth-order valence-corrected chi connectivity index (χ4v) is 4.74. The van der Waals surface area contributed by atoms with Crippen LogP contribution in [0.25, 0.3) is 0 Å². The summed E-state index contributed by atoms with van der Waals surface area (Å²) in [7, 11) is -0.293. The highest BCUT2D eigenvalue weighted by Gasteiger charge is 2.27. The second-order valence-corrected chi connectivity index (χ2v) is 8.79. The van der Waals surface area contributed by atoms with Gasteiger partial charge in [-0.2, -0.15) is 4.31 Å². The number of nitrogens with zero attached hydrogens (tertiary/aromatic N) is 2. The zero-order valence-corrected chi connectivity index (χ0v) is 17.4. The van der Waals surface area contributed by atoms with Gasteiger partial charge in [0.25, 0.3) is 5.91 Å². The summed E-state index contributed by atoms with van der Waals surface area (Å²) >= 11 is 0. The monoisotopic (exact) mass is 419 g/mol. The first-order valence-electron chi connectivity index (χ1n) is 9.35. The summed E-state index contributed by atoms with van der Waals surface area (Å²) in [6, 6.07) is 8.81. The fraction of sp³-hybridized carbons (Fsp3) is 0.400. The van der Waals surface area contributed by atoms with Crippen molar-refractivity contribution in [3.05, 3.63) is 53.3 Å². The van der Waals surface area contributed by atoms with E-state index in [2.05, 4.69) is 10.3 Å². The van der Waals surface area contributed by atoms with E-state index < -0.39 is 10.0 Å². The number of methoxy groups -OCH3 is 2. The normalized spacial score (nSPS) is 14.1. The summed E-state index contributed by atoms with van der Waals surface area (Å²) in [5.74, 6) is 0.892. The van der Waals surface area contributed by atoms with Gasteiger partial charge in [0.1, 0.15) is 5.69 Å². The average molecular weight is 420 g/mol. The van der Waals surface area contributed by atoms with Crippen molar-refractivity contribution in [1.29, 1.82) is 0 Å². The third-order valence-corrected chi connectivity index (χ3v) is 6.74. The van der Waals surface area contributed by atoms with Crippen LogP contribution in [0.4, 0.5) is 0 Å². The second kappa shape index (κ2) is 9.23. The molecule has 0 atom stereocenters. The van der Waals surface area contributed by atoms with E-state index in [4.69, 9.17) is 9.47 Å². The number of hydrogen-bond donors (Lipinski definition) is 1. The van der Waals surface area contributed by atoms with Crippen molar-refractivity contribution in [3.63, 3.8) is 0 Å². The molecule has 1 aromatic carbocycles. The topological polar surface area (TPSA) is 97.8 Å². The number of rotatable bonds is 8. The van der Waals surface area contributed by atoms with Gasteiger partial charge >= 0.3 is 0 Å². The van der Waals surface area contributed by atoms with Gasteiger partial charge in [-0.1, -0.05) is 6.07 Å². The molecule has 0 bridgehead atoms. The minimum Gasteiger partial charge on any atom is -0.493 e. The van der Waals surface area contributed by atoms with Gasteiger partial charge in [0, 0.05) is 25.8 Å².